The van der Waals surface area contributed by atoms with Crippen LogP contribution in [0, 0.1) is 5.41 Å². The van der Waals surface area contributed by atoms with Crippen LogP contribution < -0.4 is 0 Å². The van der Waals surface area contributed by atoms with Crippen molar-refractivity contribution in [3.63, 3.8) is 0 Å². The van der Waals surface area contributed by atoms with Crippen molar-refractivity contribution in [2.45, 2.75) is 58.0 Å². The lowest BCUT2D eigenvalue weighted by Gasteiger charge is -2.35. The minimum absolute atomic E-state index is 0.00614. The third-order valence-electron chi connectivity index (χ3n) is 6.25. The first-order chi connectivity index (χ1) is 13.0. The van der Waals surface area contributed by atoms with Crippen molar-refractivity contribution in [1.29, 1.82) is 0 Å². The fourth-order valence-corrected chi connectivity index (χ4v) is 4.28. The van der Waals surface area contributed by atoms with Crippen LogP contribution in [-0.2, 0) is 27.3 Å². The molecule has 27 heavy (non-hydrogen) atoms. The highest BCUT2D eigenvalue weighted by atomic mass is 16.5. The van der Waals surface area contributed by atoms with Crippen molar-refractivity contribution in [2.24, 2.45) is 5.41 Å². The standard InChI is InChI=1S/C19H29N5O3/c1-19(7-8-19)18(26)22-10-6-15-20-21-17(24(15)12-11-22)14-5-3-4-9-23(14)16(25)13-27-2/h14H,3-13H2,1-2H3. The molecule has 1 aliphatic carbocycles. The van der Waals surface area contributed by atoms with Crippen LogP contribution in [0.15, 0.2) is 0 Å². The molecule has 2 aliphatic heterocycles. The number of amides is 2. The van der Waals surface area contributed by atoms with Gasteiger partial charge < -0.3 is 19.1 Å². The summed E-state index contributed by atoms with van der Waals surface area (Å²) in [6, 6.07) is -0.0501. The molecule has 8 heteroatoms. The zero-order valence-corrected chi connectivity index (χ0v) is 16.3. The summed E-state index contributed by atoms with van der Waals surface area (Å²) in [4.78, 5) is 29.1. The van der Waals surface area contributed by atoms with Crippen LogP contribution >= 0.6 is 0 Å². The first-order valence-corrected chi connectivity index (χ1v) is 10.0. The second-order valence-corrected chi connectivity index (χ2v) is 8.26. The molecule has 3 heterocycles. The molecular formula is C19H29N5O3. The van der Waals surface area contributed by atoms with E-state index in [1.807, 2.05) is 9.80 Å². The summed E-state index contributed by atoms with van der Waals surface area (Å²) >= 11 is 0. The van der Waals surface area contributed by atoms with Gasteiger partial charge in [0.2, 0.25) is 11.8 Å². The molecule has 4 rings (SSSR count). The van der Waals surface area contributed by atoms with Crippen molar-refractivity contribution in [3.8, 4) is 0 Å². The van der Waals surface area contributed by atoms with E-state index in [1.165, 1.54) is 0 Å². The van der Waals surface area contributed by atoms with Gasteiger partial charge in [0, 0.05) is 45.1 Å². The van der Waals surface area contributed by atoms with Gasteiger partial charge in [-0.15, -0.1) is 10.2 Å². The monoisotopic (exact) mass is 375 g/mol. The van der Waals surface area contributed by atoms with E-state index in [0.29, 0.717) is 26.1 Å². The molecule has 2 amide bonds. The number of hydrogen-bond acceptors (Lipinski definition) is 5. The maximum Gasteiger partial charge on any atom is 0.249 e. The molecule has 1 unspecified atom stereocenters. The third kappa shape index (κ3) is 3.47. The highest BCUT2D eigenvalue weighted by molar-refractivity contribution is 5.85. The zero-order chi connectivity index (χ0) is 19.0. The predicted molar refractivity (Wildman–Crippen MR) is 97.8 cm³/mol. The smallest absolute Gasteiger partial charge is 0.249 e. The van der Waals surface area contributed by atoms with Gasteiger partial charge in [-0.3, -0.25) is 9.59 Å². The van der Waals surface area contributed by atoms with Gasteiger partial charge in [-0.1, -0.05) is 6.92 Å². The lowest BCUT2D eigenvalue weighted by Crippen LogP contribution is -2.42. The van der Waals surface area contributed by atoms with E-state index in [9.17, 15) is 9.59 Å². The number of carbonyl (C=O) groups is 2. The fraction of sp³-hybridized carbons (Fsp3) is 0.789. The van der Waals surface area contributed by atoms with Gasteiger partial charge in [-0.25, -0.2) is 0 Å². The second kappa shape index (κ2) is 7.22. The molecule has 8 nitrogen and oxygen atoms in total. The number of likely N-dealkylation sites (tertiary alicyclic amines) is 1. The van der Waals surface area contributed by atoms with Crippen LogP contribution in [0.2, 0.25) is 0 Å². The molecule has 0 bridgehead atoms. The number of aromatic nitrogens is 3. The molecule has 1 atom stereocenters. The quantitative estimate of drug-likeness (QED) is 0.789. The first-order valence-electron chi connectivity index (χ1n) is 10.0. The Labute approximate surface area is 159 Å². The first kappa shape index (κ1) is 18.4. The van der Waals surface area contributed by atoms with Gasteiger partial charge in [0.25, 0.3) is 0 Å². The van der Waals surface area contributed by atoms with E-state index in [2.05, 4.69) is 21.7 Å². The molecule has 3 aliphatic rings. The summed E-state index contributed by atoms with van der Waals surface area (Å²) in [7, 11) is 1.55. The van der Waals surface area contributed by atoms with Gasteiger partial charge in [0.05, 0.1) is 6.04 Å². The molecule has 2 fully saturated rings. The van der Waals surface area contributed by atoms with E-state index < -0.39 is 0 Å². The number of rotatable bonds is 4. The normalized spacial score (nSPS) is 24.3. The topological polar surface area (TPSA) is 80.6 Å². The molecule has 148 valence electrons. The van der Waals surface area contributed by atoms with E-state index in [-0.39, 0.29) is 29.9 Å². The average molecular weight is 375 g/mol. The van der Waals surface area contributed by atoms with Crippen LogP contribution in [0.25, 0.3) is 0 Å². The van der Waals surface area contributed by atoms with Crippen LogP contribution in [0.5, 0.6) is 0 Å². The third-order valence-corrected chi connectivity index (χ3v) is 6.25. The summed E-state index contributed by atoms with van der Waals surface area (Å²) in [6.07, 6.45) is 5.69. The maximum atomic E-state index is 12.7. The van der Waals surface area contributed by atoms with E-state index in [0.717, 1.165) is 50.3 Å². The summed E-state index contributed by atoms with van der Waals surface area (Å²) in [6.45, 7) is 4.97. The molecule has 1 aromatic rings. The van der Waals surface area contributed by atoms with E-state index in [1.54, 1.807) is 7.11 Å². The van der Waals surface area contributed by atoms with Crippen molar-refractivity contribution in [2.75, 3.05) is 33.4 Å². The fourth-order valence-electron chi connectivity index (χ4n) is 4.28. The summed E-state index contributed by atoms with van der Waals surface area (Å²) in [5.41, 5.74) is -0.139. The Morgan fingerprint density at radius 1 is 1.15 bits per heavy atom. The van der Waals surface area contributed by atoms with Crippen LogP contribution in [-0.4, -0.2) is 69.7 Å². The number of fused-ring (bicyclic) bond motifs is 1. The van der Waals surface area contributed by atoms with Gasteiger partial charge in [0.1, 0.15) is 12.4 Å². The molecule has 0 N–H and O–H groups in total. The zero-order valence-electron chi connectivity index (χ0n) is 16.3. The second-order valence-electron chi connectivity index (χ2n) is 8.26. The predicted octanol–water partition coefficient (Wildman–Crippen LogP) is 1.16. The Morgan fingerprint density at radius 2 is 1.96 bits per heavy atom. The molecule has 1 saturated carbocycles. The molecule has 0 aromatic carbocycles. The van der Waals surface area contributed by atoms with Gasteiger partial charge in [0.15, 0.2) is 5.82 Å². The summed E-state index contributed by atoms with van der Waals surface area (Å²) in [5, 5.41) is 8.87. The van der Waals surface area contributed by atoms with Crippen LogP contribution in [0.3, 0.4) is 0 Å². The number of nitrogens with zero attached hydrogens (tertiary/aromatic N) is 5. The minimum Gasteiger partial charge on any atom is -0.375 e. The Morgan fingerprint density at radius 3 is 2.70 bits per heavy atom. The van der Waals surface area contributed by atoms with Crippen LogP contribution in [0.1, 0.15) is 56.7 Å². The Bertz CT molecular complexity index is 727. The Hall–Kier alpha value is -1.96. The number of hydrogen-bond donors (Lipinski definition) is 0. The van der Waals surface area contributed by atoms with Crippen molar-refractivity contribution in [3.05, 3.63) is 11.6 Å². The minimum atomic E-state index is -0.139. The maximum absolute atomic E-state index is 12.7. The number of methoxy groups -OCH3 is 1. The lowest BCUT2D eigenvalue weighted by atomic mass is 10.0. The molecule has 0 radical (unpaired) electrons. The van der Waals surface area contributed by atoms with E-state index >= 15 is 0 Å². The number of carbonyl (C=O) groups excluding carboxylic acids is 2. The van der Waals surface area contributed by atoms with Crippen molar-refractivity contribution >= 4 is 11.8 Å². The van der Waals surface area contributed by atoms with E-state index in [4.69, 9.17) is 4.74 Å². The van der Waals surface area contributed by atoms with Gasteiger partial charge >= 0.3 is 0 Å². The van der Waals surface area contributed by atoms with Gasteiger partial charge in [-0.05, 0) is 32.1 Å². The largest absolute Gasteiger partial charge is 0.375 e. The highest BCUT2D eigenvalue weighted by Crippen LogP contribution is 2.46. The lowest BCUT2D eigenvalue weighted by molar-refractivity contribution is -0.139. The molecule has 1 saturated heterocycles. The average Bonchev–Trinajstić information content (AvgIpc) is 3.36. The summed E-state index contributed by atoms with van der Waals surface area (Å²) in [5.74, 6) is 2.07. The molecular weight excluding hydrogens is 346 g/mol. The highest BCUT2D eigenvalue weighted by Gasteiger charge is 2.47. The van der Waals surface area contributed by atoms with Crippen molar-refractivity contribution in [1.82, 2.24) is 24.6 Å². The molecule has 0 spiro atoms. The van der Waals surface area contributed by atoms with Crippen molar-refractivity contribution < 1.29 is 14.3 Å². The molecule has 1 aromatic heterocycles. The Balaban J connectivity index is 1.53. The number of ether oxygens (including phenoxy) is 1. The number of piperidine rings is 1. The Kier molecular flexibility index (Phi) is 4.92. The van der Waals surface area contributed by atoms with Crippen LogP contribution in [0.4, 0.5) is 0 Å². The SMILES string of the molecule is COCC(=O)N1CCCCC1c1nnc2n1CCN(C(=O)C1(C)CC1)CC2. The summed E-state index contributed by atoms with van der Waals surface area (Å²) < 4.78 is 7.20. The van der Waals surface area contributed by atoms with Gasteiger partial charge in [-0.2, -0.15) is 0 Å².